The van der Waals surface area contributed by atoms with Gasteiger partial charge in [0.2, 0.25) is 0 Å². The zero-order valence-corrected chi connectivity index (χ0v) is 11.9. The Bertz CT molecular complexity index is 319. The van der Waals surface area contributed by atoms with Gasteiger partial charge in [-0.1, -0.05) is 27.2 Å². The summed E-state index contributed by atoms with van der Waals surface area (Å²) in [6.45, 7) is 9.50. The standard InChI is InChI=1S/C16H28O/c1-10(17)13-11-6-7-12-14(11)15(2,3)8-5-9-16(12,13)4/h10-14,17H,5-9H2,1-4H3/t10-,11-,12-,13-,14+,16+/m1/s1. The lowest BCUT2D eigenvalue weighted by atomic mass is 9.63. The van der Waals surface area contributed by atoms with Crippen LogP contribution in [0, 0.1) is 34.5 Å². The Hall–Kier alpha value is -0.0400. The Morgan fingerprint density at radius 3 is 2.47 bits per heavy atom. The van der Waals surface area contributed by atoms with E-state index >= 15 is 0 Å². The highest BCUT2D eigenvalue weighted by atomic mass is 16.3. The fraction of sp³-hybridized carbons (Fsp3) is 1.00. The molecule has 0 amide bonds. The second-order valence-corrected chi connectivity index (χ2v) is 7.99. The van der Waals surface area contributed by atoms with Crippen LogP contribution in [0.4, 0.5) is 0 Å². The molecule has 0 aromatic heterocycles. The van der Waals surface area contributed by atoms with Gasteiger partial charge in [0.15, 0.2) is 0 Å². The summed E-state index contributed by atoms with van der Waals surface area (Å²) >= 11 is 0. The average molecular weight is 236 g/mol. The lowest BCUT2D eigenvalue weighted by molar-refractivity contribution is -0.0117. The number of hydrogen-bond acceptors (Lipinski definition) is 1. The van der Waals surface area contributed by atoms with Crippen LogP contribution in [0.15, 0.2) is 0 Å². The molecule has 0 aromatic rings. The lowest BCUT2D eigenvalue weighted by Crippen LogP contribution is -2.40. The third-order valence-corrected chi connectivity index (χ3v) is 6.73. The normalized spacial score (nSPS) is 53.5. The lowest BCUT2D eigenvalue weighted by Gasteiger charge is -2.43. The fourth-order valence-corrected chi connectivity index (χ4v) is 6.39. The summed E-state index contributed by atoms with van der Waals surface area (Å²) in [5.41, 5.74) is 0.947. The van der Waals surface area contributed by atoms with Crippen LogP contribution in [0.3, 0.4) is 0 Å². The maximum atomic E-state index is 10.2. The summed E-state index contributed by atoms with van der Waals surface area (Å²) in [5.74, 6) is 3.16. The van der Waals surface area contributed by atoms with E-state index in [0.29, 0.717) is 16.7 Å². The van der Waals surface area contributed by atoms with Gasteiger partial charge < -0.3 is 5.11 Å². The van der Waals surface area contributed by atoms with Gasteiger partial charge in [-0.3, -0.25) is 0 Å². The van der Waals surface area contributed by atoms with E-state index in [9.17, 15) is 5.11 Å². The third kappa shape index (κ3) is 1.41. The number of aliphatic hydroxyl groups is 1. The number of aliphatic hydroxyl groups excluding tert-OH is 1. The molecule has 3 fully saturated rings. The molecule has 3 aliphatic rings. The molecular formula is C16H28O. The molecule has 1 nitrogen and oxygen atoms in total. The Balaban J connectivity index is 2.05. The molecule has 0 spiro atoms. The van der Waals surface area contributed by atoms with Crippen molar-refractivity contribution in [1.82, 2.24) is 0 Å². The first-order valence-corrected chi connectivity index (χ1v) is 7.56. The fourth-order valence-electron chi connectivity index (χ4n) is 6.39. The van der Waals surface area contributed by atoms with E-state index in [2.05, 4.69) is 20.8 Å². The Morgan fingerprint density at radius 1 is 1.12 bits per heavy atom. The molecule has 6 atom stereocenters. The molecule has 0 saturated heterocycles. The van der Waals surface area contributed by atoms with Gasteiger partial charge in [-0.05, 0) is 67.1 Å². The minimum atomic E-state index is -0.105. The monoisotopic (exact) mass is 236 g/mol. The molecule has 0 heterocycles. The Labute approximate surface area is 106 Å². The van der Waals surface area contributed by atoms with E-state index in [1.54, 1.807) is 0 Å². The molecule has 1 N–H and O–H groups in total. The highest BCUT2D eigenvalue weighted by Gasteiger charge is 2.65. The molecule has 3 saturated carbocycles. The predicted octanol–water partition coefficient (Wildman–Crippen LogP) is 3.86. The molecule has 17 heavy (non-hydrogen) atoms. The van der Waals surface area contributed by atoms with Crippen molar-refractivity contribution >= 4 is 0 Å². The van der Waals surface area contributed by atoms with Crippen molar-refractivity contribution in [3.8, 4) is 0 Å². The molecule has 0 aromatic carbocycles. The van der Waals surface area contributed by atoms with Gasteiger partial charge in [0.05, 0.1) is 6.10 Å². The van der Waals surface area contributed by atoms with E-state index < -0.39 is 0 Å². The zero-order chi connectivity index (χ0) is 12.4. The highest BCUT2D eigenvalue weighted by molar-refractivity contribution is 5.13. The van der Waals surface area contributed by atoms with Gasteiger partial charge in [-0.15, -0.1) is 0 Å². The summed E-state index contributed by atoms with van der Waals surface area (Å²) in [7, 11) is 0. The second-order valence-electron chi connectivity index (χ2n) is 7.99. The van der Waals surface area contributed by atoms with Crippen LogP contribution in [0.25, 0.3) is 0 Å². The summed E-state index contributed by atoms with van der Waals surface area (Å²) in [4.78, 5) is 0. The van der Waals surface area contributed by atoms with E-state index in [1.807, 2.05) is 6.92 Å². The number of rotatable bonds is 1. The van der Waals surface area contributed by atoms with Crippen LogP contribution in [-0.4, -0.2) is 11.2 Å². The SMILES string of the molecule is C[C@@H](O)[C@@H]1[C@H]2CC[C@@H]3[C@H]2C(C)(C)CCC[C@]13C. The molecule has 0 aliphatic heterocycles. The van der Waals surface area contributed by atoms with E-state index in [4.69, 9.17) is 0 Å². The first-order chi connectivity index (χ1) is 7.88. The van der Waals surface area contributed by atoms with Gasteiger partial charge in [0.1, 0.15) is 0 Å². The quantitative estimate of drug-likeness (QED) is 0.733. The zero-order valence-electron chi connectivity index (χ0n) is 11.9. The predicted molar refractivity (Wildman–Crippen MR) is 70.6 cm³/mol. The molecule has 4 bridgehead atoms. The maximum Gasteiger partial charge on any atom is 0.0548 e. The van der Waals surface area contributed by atoms with Crippen LogP contribution < -0.4 is 0 Å². The van der Waals surface area contributed by atoms with Gasteiger partial charge in [0, 0.05) is 0 Å². The minimum Gasteiger partial charge on any atom is -0.393 e. The Kier molecular flexibility index (Phi) is 2.47. The second kappa shape index (κ2) is 3.50. The summed E-state index contributed by atoms with van der Waals surface area (Å²) in [6.07, 6.45) is 6.82. The van der Waals surface area contributed by atoms with Crippen molar-refractivity contribution in [2.24, 2.45) is 34.5 Å². The molecule has 98 valence electrons. The topological polar surface area (TPSA) is 20.2 Å². The van der Waals surface area contributed by atoms with Gasteiger partial charge in [-0.25, -0.2) is 0 Å². The highest BCUT2D eigenvalue weighted by Crippen LogP contribution is 2.71. The largest absolute Gasteiger partial charge is 0.393 e. The van der Waals surface area contributed by atoms with E-state index in [-0.39, 0.29) is 6.10 Å². The maximum absolute atomic E-state index is 10.2. The minimum absolute atomic E-state index is 0.105. The van der Waals surface area contributed by atoms with Crippen molar-refractivity contribution in [2.45, 2.75) is 65.9 Å². The first-order valence-electron chi connectivity index (χ1n) is 7.56. The van der Waals surface area contributed by atoms with E-state index in [0.717, 1.165) is 17.8 Å². The van der Waals surface area contributed by atoms with Crippen LogP contribution in [0.2, 0.25) is 0 Å². The molecule has 0 unspecified atom stereocenters. The molecule has 0 radical (unpaired) electrons. The van der Waals surface area contributed by atoms with Crippen molar-refractivity contribution in [2.75, 3.05) is 0 Å². The van der Waals surface area contributed by atoms with Crippen molar-refractivity contribution in [3.63, 3.8) is 0 Å². The smallest absolute Gasteiger partial charge is 0.0548 e. The summed E-state index contributed by atoms with van der Waals surface area (Å²) < 4.78 is 0. The van der Waals surface area contributed by atoms with E-state index in [1.165, 1.54) is 32.1 Å². The van der Waals surface area contributed by atoms with Crippen molar-refractivity contribution in [1.29, 1.82) is 0 Å². The van der Waals surface area contributed by atoms with Crippen LogP contribution >= 0.6 is 0 Å². The van der Waals surface area contributed by atoms with Crippen molar-refractivity contribution < 1.29 is 5.11 Å². The van der Waals surface area contributed by atoms with Crippen LogP contribution in [0.1, 0.15) is 59.8 Å². The van der Waals surface area contributed by atoms with Crippen LogP contribution in [0.5, 0.6) is 0 Å². The van der Waals surface area contributed by atoms with Crippen LogP contribution in [-0.2, 0) is 0 Å². The Morgan fingerprint density at radius 2 is 1.82 bits per heavy atom. The van der Waals surface area contributed by atoms with Gasteiger partial charge in [-0.2, -0.15) is 0 Å². The van der Waals surface area contributed by atoms with Gasteiger partial charge in [0.25, 0.3) is 0 Å². The molecule has 3 aliphatic carbocycles. The number of hydrogen-bond donors (Lipinski definition) is 1. The third-order valence-electron chi connectivity index (χ3n) is 6.73. The molecule has 3 rings (SSSR count). The first kappa shape index (κ1) is 12.0. The average Bonchev–Trinajstić information content (AvgIpc) is 2.67. The molecule has 1 heteroatoms. The van der Waals surface area contributed by atoms with Gasteiger partial charge >= 0.3 is 0 Å². The van der Waals surface area contributed by atoms with Crippen molar-refractivity contribution in [3.05, 3.63) is 0 Å². The molecular weight excluding hydrogens is 208 g/mol. The summed E-state index contributed by atoms with van der Waals surface area (Å²) in [6, 6.07) is 0. The summed E-state index contributed by atoms with van der Waals surface area (Å²) in [5, 5.41) is 10.2.